The van der Waals surface area contributed by atoms with Gasteiger partial charge in [-0.15, -0.1) is 0 Å². The van der Waals surface area contributed by atoms with Gasteiger partial charge in [0.25, 0.3) is 0 Å². The Bertz CT molecular complexity index is 572. The second-order valence-corrected chi connectivity index (χ2v) is 5.31. The van der Waals surface area contributed by atoms with Gasteiger partial charge in [-0.2, -0.15) is 4.98 Å². The van der Waals surface area contributed by atoms with Gasteiger partial charge in [0.05, 0.1) is 5.41 Å². The van der Waals surface area contributed by atoms with Crippen molar-refractivity contribution in [3.63, 3.8) is 0 Å². The van der Waals surface area contributed by atoms with Crippen LogP contribution in [0.1, 0.15) is 37.1 Å². The average molecular weight is 258 g/mol. The first kappa shape index (κ1) is 12.3. The van der Waals surface area contributed by atoms with Crippen molar-refractivity contribution in [1.82, 2.24) is 15.1 Å². The predicted octanol–water partition coefficient (Wildman–Crippen LogP) is 2.21. The van der Waals surface area contributed by atoms with Crippen molar-refractivity contribution in [3.05, 3.63) is 29.9 Å². The molecule has 0 radical (unpaired) electrons. The lowest BCUT2D eigenvalue weighted by Crippen LogP contribution is -2.32. The average Bonchev–Trinajstić information content (AvgIpc) is 3.09. The molecule has 5 heteroatoms. The Kier molecular flexibility index (Phi) is 3.06. The van der Waals surface area contributed by atoms with E-state index in [-0.39, 0.29) is 5.41 Å². The van der Waals surface area contributed by atoms with Crippen molar-refractivity contribution in [2.24, 2.45) is 5.73 Å². The first-order valence-electron chi connectivity index (χ1n) is 6.70. The van der Waals surface area contributed by atoms with Crippen LogP contribution in [-0.2, 0) is 5.41 Å². The zero-order valence-corrected chi connectivity index (χ0v) is 11.1. The zero-order valence-electron chi connectivity index (χ0n) is 11.1. The van der Waals surface area contributed by atoms with Gasteiger partial charge >= 0.3 is 0 Å². The van der Waals surface area contributed by atoms with E-state index in [1.807, 2.05) is 13.0 Å². The fraction of sp³-hybridized carbons (Fsp3) is 0.500. The van der Waals surface area contributed by atoms with Gasteiger partial charge in [0, 0.05) is 24.5 Å². The molecule has 1 saturated carbocycles. The van der Waals surface area contributed by atoms with E-state index in [1.54, 1.807) is 12.4 Å². The van der Waals surface area contributed by atoms with E-state index in [2.05, 4.69) is 15.1 Å². The molecular formula is C14H18N4O. The minimum Gasteiger partial charge on any atom is -0.338 e. The van der Waals surface area contributed by atoms with E-state index >= 15 is 0 Å². The Morgan fingerprint density at radius 1 is 1.37 bits per heavy atom. The van der Waals surface area contributed by atoms with Gasteiger partial charge in [-0.25, -0.2) is 0 Å². The van der Waals surface area contributed by atoms with Crippen LogP contribution in [0.25, 0.3) is 11.4 Å². The molecule has 1 fully saturated rings. The van der Waals surface area contributed by atoms with Crippen LogP contribution in [0.15, 0.2) is 23.0 Å². The van der Waals surface area contributed by atoms with Crippen LogP contribution in [0.2, 0.25) is 0 Å². The quantitative estimate of drug-likeness (QED) is 0.913. The van der Waals surface area contributed by atoms with E-state index in [1.165, 1.54) is 12.8 Å². The van der Waals surface area contributed by atoms with Crippen molar-refractivity contribution in [3.8, 4) is 11.4 Å². The molecule has 0 unspecified atom stereocenters. The Balaban J connectivity index is 1.98. The van der Waals surface area contributed by atoms with Gasteiger partial charge in [0.15, 0.2) is 0 Å². The molecule has 2 heterocycles. The number of rotatable bonds is 3. The summed E-state index contributed by atoms with van der Waals surface area (Å²) < 4.78 is 5.49. The molecule has 1 aliphatic carbocycles. The van der Waals surface area contributed by atoms with Gasteiger partial charge in [0.2, 0.25) is 11.7 Å². The number of aryl methyl sites for hydroxylation is 1. The van der Waals surface area contributed by atoms with Gasteiger partial charge in [-0.05, 0) is 31.4 Å². The van der Waals surface area contributed by atoms with Crippen LogP contribution in [-0.4, -0.2) is 21.7 Å². The summed E-state index contributed by atoms with van der Waals surface area (Å²) in [5.74, 6) is 1.33. The Morgan fingerprint density at radius 3 is 2.84 bits per heavy atom. The number of hydrogen-bond donors (Lipinski definition) is 1. The van der Waals surface area contributed by atoms with E-state index in [0.29, 0.717) is 18.3 Å². The maximum atomic E-state index is 5.94. The summed E-state index contributed by atoms with van der Waals surface area (Å²) in [6.07, 6.45) is 8.00. The summed E-state index contributed by atoms with van der Waals surface area (Å²) in [4.78, 5) is 8.66. The van der Waals surface area contributed by atoms with Crippen molar-refractivity contribution in [2.75, 3.05) is 6.54 Å². The maximum Gasteiger partial charge on any atom is 0.234 e. The highest BCUT2D eigenvalue weighted by Crippen LogP contribution is 2.39. The minimum atomic E-state index is -0.105. The number of aromatic nitrogens is 3. The van der Waals surface area contributed by atoms with Crippen molar-refractivity contribution in [1.29, 1.82) is 0 Å². The summed E-state index contributed by atoms with van der Waals surface area (Å²) in [5, 5.41) is 4.12. The molecule has 0 amide bonds. The molecule has 3 rings (SSSR count). The van der Waals surface area contributed by atoms with Crippen LogP contribution in [0, 0.1) is 6.92 Å². The topological polar surface area (TPSA) is 77.8 Å². The first-order chi connectivity index (χ1) is 9.25. The third-order valence-electron chi connectivity index (χ3n) is 4.09. The summed E-state index contributed by atoms with van der Waals surface area (Å²) >= 11 is 0. The molecule has 0 saturated heterocycles. The molecule has 19 heavy (non-hydrogen) atoms. The predicted molar refractivity (Wildman–Crippen MR) is 71.5 cm³/mol. The van der Waals surface area contributed by atoms with Gasteiger partial charge in [-0.3, -0.25) is 4.98 Å². The smallest absolute Gasteiger partial charge is 0.234 e. The van der Waals surface area contributed by atoms with E-state index in [0.717, 1.165) is 24.0 Å². The summed E-state index contributed by atoms with van der Waals surface area (Å²) in [6.45, 7) is 2.57. The van der Waals surface area contributed by atoms with Gasteiger partial charge in [-0.1, -0.05) is 18.0 Å². The van der Waals surface area contributed by atoms with Crippen molar-refractivity contribution < 1.29 is 4.52 Å². The highest BCUT2D eigenvalue weighted by molar-refractivity contribution is 5.58. The second kappa shape index (κ2) is 4.74. The maximum absolute atomic E-state index is 5.94. The summed E-state index contributed by atoms with van der Waals surface area (Å²) in [7, 11) is 0. The molecule has 0 bridgehead atoms. The molecular weight excluding hydrogens is 240 g/mol. The largest absolute Gasteiger partial charge is 0.338 e. The lowest BCUT2D eigenvalue weighted by molar-refractivity contribution is 0.284. The molecule has 2 aromatic rings. The lowest BCUT2D eigenvalue weighted by Gasteiger charge is -2.21. The van der Waals surface area contributed by atoms with Gasteiger partial charge in [0.1, 0.15) is 0 Å². The molecule has 0 aliphatic heterocycles. The molecule has 0 atom stereocenters. The highest BCUT2D eigenvalue weighted by Gasteiger charge is 2.39. The fourth-order valence-corrected chi connectivity index (χ4v) is 2.83. The fourth-order valence-electron chi connectivity index (χ4n) is 2.83. The molecule has 5 nitrogen and oxygen atoms in total. The number of nitrogens with zero attached hydrogens (tertiary/aromatic N) is 3. The normalized spacial score (nSPS) is 17.8. The Labute approximate surface area is 112 Å². The monoisotopic (exact) mass is 258 g/mol. The molecule has 2 aromatic heterocycles. The molecule has 100 valence electrons. The molecule has 0 aromatic carbocycles. The third-order valence-corrected chi connectivity index (χ3v) is 4.09. The Hall–Kier alpha value is -1.75. The highest BCUT2D eigenvalue weighted by atomic mass is 16.5. The SMILES string of the molecule is Cc1cnccc1-c1noc(C2(CN)CCCC2)n1. The van der Waals surface area contributed by atoms with Crippen molar-refractivity contribution >= 4 is 0 Å². The van der Waals surface area contributed by atoms with Crippen LogP contribution in [0.3, 0.4) is 0 Å². The molecule has 0 spiro atoms. The summed E-state index contributed by atoms with van der Waals surface area (Å²) in [5.41, 5.74) is 7.85. The Morgan fingerprint density at radius 2 is 2.16 bits per heavy atom. The van der Waals surface area contributed by atoms with Crippen LogP contribution < -0.4 is 5.73 Å². The van der Waals surface area contributed by atoms with E-state index in [4.69, 9.17) is 10.3 Å². The number of pyridine rings is 1. The van der Waals surface area contributed by atoms with Crippen LogP contribution in [0.4, 0.5) is 0 Å². The van der Waals surface area contributed by atoms with Crippen molar-refractivity contribution in [2.45, 2.75) is 38.0 Å². The first-order valence-corrected chi connectivity index (χ1v) is 6.70. The van der Waals surface area contributed by atoms with Gasteiger partial charge < -0.3 is 10.3 Å². The number of hydrogen-bond acceptors (Lipinski definition) is 5. The van der Waals surface area contributed by atoms with Crippen LogP contribution in [0.5, 0.6) is 0 Å². The standard InChI is InChI=1S/C14H18N4O/c1-10-8-16-7-4-11(10)12-17-13(19-18-12)14(9-15)5-2-3-6-14/h4,7-8H,2-3,5-6,9,15H2,1H3. The van der Waals surface area contributed by atoms with Crippen LogP contribution >= 0.6 is 0 Å². The third kappa shape index (κ3) is 2.04. The summed E-state index contributed by atoms with van der Waals surface area (Å²) in [6, 6.07) is 1.91. The molecule has 2 N–H and O–H groups in total. The molecule has 1 aliphatic rings. The zero-order chi connectivity index (χ0) is 13.3. The lowest BCUT2D eigenvalue weighted by atomic mass is 9.86. The second-order valence-electron chi connectivity index (χ2n) is 5.31. The minimum absolute atomic E-state index is 0.105. The van der Waals surface area contributed by atoms with E-state index in [9.17, 15) is 0 Å². The van der Waals surface area contributed by atoms with E-state index < -0.39 is 0 Å². The number of nitrogens with two attached hydrogens (primary N) is 1.